The molecule has 210 valence electrons. The van der Waals surface area contributed by atoms with Crippen LogP contribution in [0.4, 0.5) is 0 Å². The number of nitrogens with zero attached hydrogens (tertiary/aromatic N) is 3. The molecule has 6 aromatic carbocycles. The Kier molecular flexibility index (Phi) is 4.93. The van der Waals surface area contributed by atoms with Crippen LogP contribution in [0.15, 0.2) is 148 Å². The van der Waals surface area contributed by atoms with Crippen molar-refractivity contribution in [1.29, 1.82) is 0 Å². The summed E-state index contributed by atoms with van der Waals surface area (Å²) in [5.41, 5.74) is 9.95. The lowest BCUT2D eigenvalue weighted by Crippen LogP contribution is -2.00. The molecule has 10 rings (SSSR count). The molecule has 0 N–H and O–H groups in total. The van der Waals surface area contributed by atoms with Crippen LogP contribution in [-0.4, -0.2) is 14.5 Å². The highest BCUT2D eigenvalue weighted by atomic mass is 16.3. The first-order chi connectivity index (χ1) is 22.3. The molecule has 0 aliphatic rings. The first-order valence-electron chi connectivity index (χ1n) is 15.0. The van der Waals surface area contributed by atoms with Gasteiger partial charge in [0.1, 0.15) is 28.0 Å². The summed E-state index contributed by atoms with van der Waals surface area (Å²) in [7, 11) is 0. The second kappa shape index (κ2) is 9.15. The summed E-state index contributed by atoms with van der Waals surface area (Å²) in [6.45, 7) is 0. The van der Waals surface area contributed by atoms with Crippen LogP contribution in [0.1, 0.15) is 0 Å². The topological polar surface area (TPSA) is 57.0 Å². The lowest BCUT2D eigenvalue weighted by atomic mass is 10.1. The largest absolute Gasteiger partial charge is 0.456 e. The van der Waals surface area contributed by atoms with Crippen LogP contribution in [0.5, 0.6) is 0 Å². The standard InChI is InChI=1S/C40H23N3O2/c1-2-12-24(13-3-1)37-39-38(28-17-7-11-21-33(28)45-39)42-40(41-37)26-15-5-9-19-30(26)43-29-18-8-4-14-25(29)35-31(43)22-23-34-36(35)27-16-6-10-20-32(27)44-34/h1-23H. The predicted octanol–water partition coefficient (Wildman–Crippen LogP) is 10.7. The number of rotatable bonds is 3. The van der Waals surface area contributed by atoms with Gasteiger partial charge in [0.25, 0.3) is 0 Å². The Bertz CT molecular complexity index is 2770. The molecule has 0 fully saturated rings. The maximum atomic E-state index is 6.38. The fourth-order valence-electron chi connectivity index (χ4n) is 6.89. The van der Waals surface area contributed by atoms with Crippen molar-refractivity contribution in [3.05, 3.63) is 140 Å². The number of para-hydroxylation sites is 4. The fraction of sp³-hybridized carbons (Fsp3) is 0. The number of fused-ring (bicyclic) bond motifs is 10. The minimum absolute atomic E-state index is 0.643. The average molecular weight is 578 g/mol. The first kappa shape index (κ1) is 24.3. The lowest BCUT2D eigenvalue weighted by molar-refractivity contribution is 0.667. The van der Waals surface area contributed by atoms with Crippen molar-refractivity contribution in [3.63, 3.8) is 0 Å². The second-order valence-corrected chi connectivity index (χ2v) is 11.3. The van der Waals surface area contributed by atoms with Crippen LogP contribution in [0.25, 0.3) is 94.1 Å². The van der Waals surface area contributed by atoms with E-state index in [1.165, 1.54) is 10.8 Å². The van der Waals surface area contributed by atoms with Crippen molar-refractivity contribution in [2.75, 3.05) is 0 Å². The van der Waals surface area contributed by atoms with Crippen LogP contribution in [0.3, 0.4) is 0 Å². The molecule has 0 saturated heterocycles. The van der Waals surface area contributed by atoms with Gasteiger partial charge in [0.15, 0.2) is 11.4 Å². The zero-order valence-electron chi connectivity index (χ0n) is 23.9. The molecule has 5 heteroatoms. The van der Waals surface area contributed by atoms with E-state index in [1.807, 2.05) is 48.5 Å². The molecule has 0 amide bonds. The summed E-state index contributed by atoms with van der Waals surface area (Å²) >= 11 is 0. The van der Waals surface area contributed by atoms with Crippen LogP contribution in [0.2, 0.25) is 0 Å². The molecule has 10 aromatic rings. The molecule has 0 spiro atoms. The molecule has 0 atom stereocenters. The summed E-state index contributed by atoms with van der Waals surface area (Å²) < 4.78 is 15.0. The van der Waals surface area contributed by atoms with E-state index in [0.717, 1.165) is 72.0 Å². The van der Waals surface area contributed by atoms with E-state index in [0.29, 0.717) is 11.4 Å². The van der Waals surface area contributed by atoms with Crippen molar-refractivity contribution in [2.45, 2.75) is 0 Å². The summed E-state index contributed by atoms with van der Waals surface area (Å²) in [5.74, 6) is 0.643. The molecule has 4 heterocycles. The monoisotopic (exact) mass is 577 g/mol. The molecule has 0 aliphatic heterocycles. The normalized spacial score (nSPS) is 12.0. The molecule has 5 nitrogen and oxygen atoms in total. The van der Waals surface area contributed by atoms with Gasteiger partial charge < -0.3 is 13.4 Å². The molecule has 45 heavy (non-hydrogen) atoms. The second-order valence-electron chi connectivity index (χ2n) is 11.3. The van der Waals surface area contributed by atoms with E-state index in [9.17, 15) is 0 Å². The highest BCUT2D eigenvalue weighted by Gasteiger charge is 2.23. The van der Waals surface area contributed by atoms with Gasteiger partial charge >= 0.3 is 0 Å². The van der Waals surface area contributed by atoms with Crippen molar-refractivity contribution in [2.24, 2.45) is 0 Å². The van der Waals surface area contributed by atoms with Gasteiger partial charge in [-0.1, -0.05) is 91.0 Å². The van der Waals surface area contributed by atoms with Crippen LogP contribution in [0, 0.1) is 0 Å². The summed E-state index contributed by atoms with van der Waals surface area (Å²) in [6, 6.07) is 47.8. The zero-order chi connectivity index (χ0) is 29.5. The van der Waals surface area contributed by atoms with Crippen LogP contribution in [-0.2, 0) is 0 Å². The van der Waals surface area contributed by atoms with E-state index < -0.39 is 0 Å². The van der Waals surface area contributed by atoms with Gasteiger partial charge in [-0.2, -0.15) is 0 Å². The Labute approximate surface area is 256 Å². The van der Waals surface area contributed by atoms with E-state index in [2.05, 4.69) is 95.6 Å². The Morgan fingerprint density at radius 2 is 1.16 bits per heavy atom. The Morgan fingerprint density at radius 3 is 2.02 bits per heavy atom. The Hall–Kier alpha value is -6.20. The molecule has 0 aliphatic carbocycles. The molecule has 4 aromatic heterocycles. The smallest absolute Gasteiger partial charge is 0.180 e. The van der Waals surface area contributed by atoms with E-state index in [-0.39, 0.29) is 0 Å². The average Bonchev–Trinajstić information content (AvgIpc) is 3.77. The predicted molar refractivity (Wildman–Crippen MR) is 182 cm³/mol. The minimum atomic E-state index is 0.643. The van der Waals surface area contributed by atoms with E-state index in [4.69, 9.17) is 18.8 Å². The molecule has 0 saturated carbocycles. The molecule has 0 radical (unpaired) electrons. The van der Waals surface area contributed by atoms with Gasteiger partial charge in [-0.25, -0.2) is 9.97 Å². The van der Waals surface area contributed by atoms with Crippen molar-refractivity contribution in [1.82, 2.24) is 14.5 Å². The lowest BCUT2D eigenvalue weighted by Gasteiger charge is -2.14. The summed E-state index contributed by atoms with van der Waals surface area (Å²) in [4.78, 5) is 10.4. The third kappa shape index (κ3) is 3.43. The number of hydrogen-bond acceptors (Lipinski definition) is 4. The van der Waals surface area contributed by atoms with Gasteiger partial charge in [-0.05, 0) is 48.5 Å². The van der Waals surface area contributed by atoms with Gasteiger partial charge in [-0.15, -0.1) is 0 Å². The summed E-state index contributed by atoms with van der Waals surface area (Å²) in [5, 5.41) is 5.55. The first-order valence-corrected chi connectivity index (χ1v) is 15.0. The van der Waals surface area contributed by atoms with Gasteiger partial charge in [0.2, 0.25) is 0 Å². The number of benzene rings is 6. The maximum Gasteiger partial charge on any atom is 0.180 e. The quantitative estimate of drug-likeness (QED) is 0.210. The third-order valence-corrected chi connectivity index (χ3v) is 8.83. The molecule has 0 bridgehead atoms. The van der Waals surface area contributed by atoms with E-state index in [1.54, 1.807) is 0 Å². The van der Waals surface area contributed by atoms with Gasteiger partial charge in [0, 0.05) is 38.1 Å². The Morgan fingerprint density at radius 1 is 0.467 bits per heavy atom. The number of furan rings is 2. The summed E-state index contributed by atoms with van der Waals surface area (Å²) in [6.07, 6.45) is 0. The highest BCUT2D eigenvalue weighted by Crippen LogP contribution is 2.43. The SMILES string of the molecule is c1ccc(-c2nc(-c3ccccc3-n3c4ccccc4c4c5c(ccc43)oc3ccccc35)nc3c2oc2ccccc23)cc1. The van der Waals surface area contributed by atoms with Gasteiger partial charge in [-0.3, -0.25) is 0 Å². The van der Waals surface area contributed by atoms with Crippen LogP contribution < -0.4 is 0 Å². The van der Waals surface area contributed by atoms with E-state index >= 15 is 0 Å². The maximum absolute atomic E-state index is 6.38. The molecular formula is C40H23N3O2. The fourth-order valence-corrected chi connectivity index (χ4v) is 6.89. The van der Waals surface area contributed by atoms with Gasteiger partial charge in [0.05, 0.1) is 16.7 Å². The van der Waals surface area contributed by atoms with Crippen LogP contribution >= 0.6 is 0 Å². The minimum Gasteiger partial charge on any atom is -0.456 e. The Balaban J connectivity index is 1.32. The number of aromatic nitrogens is 3. The third-order valence-electron chi connectivity index (χ3n) is 8.83. The van der Waals surface area contributed by atoms with Crippen molar-refractivity contribution in [3.8, 4) is 28.3 Å². The van der Waals surface area contributed by atoms with Crippen molar-refractivity contribution >= 4 is 65.8 Å². The molecule has 0 unspecified atom stereocenters. The molecular weight excluding hydrogens is 554 g/mol. The highest BCUT2D eigenvalue weighted by molar-refractivity contribution is 6.27. The number of hydrogen-bond donors (Lipinski definition) is 0. The zero-order valence-corrected chi connectivity index (χ0v) is 23.9. The van der Waals surface area contributed by atoms with Crippen molar-refractivity contribution < 1.29 is 8.83 Å².